The van der Waals surface area contributed by atoms with Crippen LogP contribution in [0.2, 0.25) is 0 Å². The smallest absolute Gasteiger partial charge is 0.417 e. The van der Waals surface area contributed by atoms with Crippen molar-refractivity contribution in [2.75, 3.05) is 12.4 Å². The number of amides is 3. The Hall–Kier alpha value is -4.72. The first kappa shape index (κ1) is 24.0. The fourth-order valence-corrected chi connectivity index (χ4v) is 4.60. The average molecular weight is 496 g/mol. The minimum Gasteiger partial charge on any atom is -0.497 e. The van der Waals surface area contributed by atoms with E-state index < -0.39 is 29.9 Å². The highest BCUT2D eigenvalue weighted by molar-refractivity contribution is 6.08. The van der Waals surface area contributed by atoms with Crippen LogP contribution in [-0.2, 0) is 20.9 Å². The van der Waals surface area contributed by atoms with Crippen LogP contribution in [0.4, 0.5) is 10.5 Å². The maximum Gasteiger partial charge on any atom is 0.417 e. The molecule has 0 spiro atoms. The average Bonchev–Trinajstić information content (AvgIpc) is 3.29. The minimum absolute atomic E-state index is 0.0152. The first-order valence-corrected chi connectivity index (χ1v) is 11.9. The van der Waals surface area contributed by atoms with E-state index in [-0.39, 0.29) is 13.0 Å². The molecular formula is C29H25N3O5. The van der Waals surface area contributed by atoms with Crippen molar-refractivity contribution in [3.05, 3.63) is 102 Å². The van der Waals surface area contributed by atoms with Crippen molar-refractivity contribution in [2.45, 2.75) is 25.0 Å². The van der Waals surface area contributed by atoms with Crippen molar-refractivity contribution in [2.24, 2.45) is 0 Å². The zero-order valence-electron chi connectivity index (χ0n) is 20.2. The van der Waals surface area contributed by atoms with E-state index in [9.17, 15) is 14.4 Å². The Kier molecular flexibility index (Phi) is 6.81. The number of nitrogens with one attached hydrogen (secondary N) is 1. The molecule has 37 heavy (non-hydrogen) atoms. The Morgan fingerprint density at radius 2 is 1.73 bits per heavy atom. The molecule has 1 aliphatic heterocycles. The highest BCUT2D eigenvalue weighted by atomic mass is 16.6. The maximum atomic E-state index is 13.7. The summed E-state index contributed by atoms with van der Waals surface area (Å²) in [5, 5.41) is 3.76. The van der Waals surface area contributed by atoms with E-state index in [0.29, 0.717) is 17.0 Å². The normalized spacial score (nSPS) is 17.0. The van der Waals surface area contributed by atoms with Crippen LogP contribution in [0.1, 0.15) is 23.5 Å². The van der Waals surface area contributed by atoms with Gasteiger partial charge >= 0.3 is 6.09 Å². The Morgan fingerprint density at radius 1 is 0.973 bits per heavy atom. The van der Waals surface area contributed by atoms with Gasteiger partial charge in [0, 0.05) is 23.9 Å². The molecular weight excluding hydrogens is 470 g/mol. The number of rotatable bonds is 6. The van der Waals surface area contributed by atoms with Crippen LogP contribution >= 0.6 is 0 Å². The third-order valence-corrected chi connectivity index (χ3v) is 6.43. The van der Waals surface area contributed by atoms with Crippen LogP contribution < -0.4 is 10.1 Å². The molecule has 8 nitrogen and oxygen atoms in total. The number of fused-ring (bicyclic) bond motifs is 1. The quantitative estimate of drug-likeness (QED) is 0.409. The predicted octanol–water partition coefficient (Wildman–Crippen LogP) is 4.90. The molecule has 0 bridgehead atoms. The molecule has 3 aromatic carbocycles. The number of benzene rings is 3. The van der Waals surface area contributed by atoms with Gasteiger partial charge in [-0.05, 0) is 35.4 Å². The molecule has 1 fully saturated rings. The van der Waals surface area contributed by atoms with Crippen molar-refractivity contribution in [1.29, 1.82) is 0 Å². The van der Waals surface area contributed by atoms with Crippen LogP contribution in [-0.4, -0.2) is 40.9 Å². The van der Waals surface area contributed by atoms with Gasteiger partial charge in [-0.2, -0.15) is 0 Å². The number of ether oxygens (including phenoxy) is 2. The number of imide groups is 1. The molecule has 1 aromatic heterocycles. The van der Waals surface area contributed by atoms with Crippen LogP contribution in [0.3, 0.4) is 0 Å². The first-order chi connectivity index (χ1) is 18.0. The lowest BCUT2D eigenvalue weighted by atomic mass is 9.91. The SMILES string of the molecule is COc1ccc([C@@H]2CC(=O)N(C(=O)OCc3ccccc3)[C@@H]2C(=O)Nc2cccc3cccnc23)cc1. The van der Waals surface area contributed by atoms with Gasteiger partial charge in [-0.3, -0.25) is 14.6 Å². The minimum atomic E-state index is -1.11. The topological polar surface area (TPSA) is 97.8 Å². The Bertz CT molecular complexity index is 1430. The van der Waals surface area contributed by atoms with Crippen molar-refractivity contribution in [3.63, 3.8) is 0 Å². The molecule has 3 amide bonds. The van der Waals surface area contributed by atoms with Gasteiger partial charge in [-0.25, -0.2) is 9.69 Å². The van der Waals surface area contributed by atoms with Gasteiger partial charge in [0.1, 0.15) is 18.4 Å². The first-order valence-electron chi connectivity index (χ1n) is 11.9. The van der Waals surface area contributed by atoms with Gasteiger partial charge in [-0.15, -0.1) is 0 Å². The summed E-state index contributed by atoms with van der Waals surface area (Å²) in [4.78, 5) is 45.3. The Morgan fingerprint density at radius 3 is 2.49 bits per heavy atom. The molecule has 1 aliphatic rings. The lowest BCUT2D eigenvalue weighted by Gasteiger charge is -2.26. The molecule has 1 saturated heterocycles. The molecule has 0 radical (unpaired) electrons. The second kappa shape index (κ2) is 10.5. The van der Waals surface area contributed by atoms with Crippen molar-refractivity contribution in [3.8, 4) is 5.75 Å². The fraction of sp³-hybridized carbons (Fsp3) is 0.172. The van der Waals surface area contributed by atoms with Crippen molar-refractivity contribution >= 4 is 34.5 Å². The fourth-order valence-electron chi connectivity index (χ4n) is 4.60. The van der Waals surface area contributed by atoms with Gasteiger partial charge in [0.05, 0.1) is 18.3 Å². The third kappa shape index (κ3) is 4.99. The largest absolute Gasteiger partial charge is 0.497 e. The monoisotopic (exact) mass is 495 g/mol. The van der Waals surface area contributed by atoms with Crippen molar-refractivity contribution < 1.29 is 23.9 Å². The molecule has 0 unspecified atom stereocenters. The van der Waals surface area contributed by atoms with Gasteiger partial charge in [0.25, 0.3) is 0 Å². The lowest BCUT2D eigenvalue weighted by molar-refractivity contribution is -0.131. The van der Waals surface area contributed by atoms with Gasteiger partial charge in [0.2, 0.25) is 11.8 Å². The summed E-state index contributed by atoms with van der Waals surface area (Å²) in [6, 6.07) is 24.3. The van der Waals surface area contributed by atoms with Crippen LogP contribution in [0, 0.1) is 0 Å². The zero-order valence-corrected chi connectivity index (χ0v) is 20.2. The summed E-state index contributed by atoms with van der Waals surface area (Å²) in [5.41, 5.74) is 2.62. The van der Waals surface area contributed by atoms with Gasteiger partial charge in [0.15, 0.2) is 0 Å². The maximum absolute atomic E-state index is 13.7. The molecule has 0 saturated carbocycles. The lowest BCUT2D eigenvalue weighted by Crippen LogP contribution is -2.47. The van der Waals surface area contributed by atoms with Crippen LogP contribution in [0.25, 0.3) is 10.9 Å². The summed E-state index contributed by atoms with van der Waals surface area (Å²) in [5.74, 6) is -0.891. The number of carbonyl (C=O) groups is 3. The van der Waals surface area contributed by atoms with E-state index in [1.807, 2.05) is 54.6 Å². The van der Waals surface area contributed by atoms with E-state index in [4.69, 9.17) is 9.47 Å². The van der Waals surface area contributed by atoms with E-state index >= 15 is 0 Å². The number of hydrogen-bond donors (Lipinski definition) is 1. The number of aromatic nitrogens is 1. The Labute approximate surface area is 213 Å². The number of pyridine rings is 1. The number of hydrogen-bond acceptors (Lipinski definition) is 6. The van der Waals surface area contributed by atoms with E-state index in [1.165, 1.54) is 0 Å². The number of methoxy groups -OCH3 is 1. The number of likely N-dealkylation sites (tertiary alicyclic amines) is 1. The molecule has 186 valence electrons. The van der Waals surface area contributed by atoms with Crippen LogP contribution in [0.15, 0.2) is 91.1 Å². The molecule has 8 heteroatoms. The number of carbonyl (C=O) groups excluding carboxylic acids is 3. The highest BCUT2D eigenvalue weighted by Crippen LogP contribution is 2.37. The zero-order chi connectivity index (χ0) is 25.8. The van der Waals surface area contributed by atoms with Gasteiger partial charge in [-0.1, -0.05) is 60.7 Å². The third-order valence-electron chi connectivity index (χ3n) is 6.43. The molecule has 2 heterocycles. The van der Waals surface area contributed by atoms with E-state index in [0.717, 1.165) is 21.4 Å². The molecule has 5 rings (SSSR count). The summed E-state index contributed by atoms with van der Waals surface area (Å²) < 4.78 is 10.7. The molecule has 4 aromatic rings. The van der Waals surface area contributed by atoms with Crippen molar-refractivity contribution in [1.82, 2.24) is 9.88 Å². The molecule has 2 atom stereocenters. The Balaban J connectivity index is 1.46. The van der Waals surface area contributed by atoms with E-state index in [2.05, 4.69) is 10.3 Å². The van der Waals surface area contributed by atoms with E-state index in [1.54, 1.807) is 43.6 Å². The summed E-state index contributed by atoms with van der Waals surface area (Å²) in [7, 11) is 1.56. The summed E-state index contributed by atoms with van der Waals surface area (Å²) in [6.45, 7) is -0.0156. The standard InChI is InChI=1S/C29H25N3O5/c1-36-22-14-12-20(13-15-22)23-17-25(33)32(29(35)37-18-19-7-3-2-4-8-19)27(23)28(34)31-24-11-5-9-21-10-6-16-30-26(21)24/h2-16,23,27H,17-18H2,1H3,(H,31,34)/t23-,27-/m0/s1. The molecule has 1 N–H and O–H groups in total. The highest BCUT2D eigenvalue weighted by Gasteiger charge is 2.49. The predicted molar refractivity (Wildman–Crippen MR) is 138 cm³/mol. The number of nitrogens with zero attached hydrogens (tertiary/aromatic N) is 2. The molecule has 0 aliphatic carbocycles. The second-order valence-corrected chi connectivity index (χ2v) is 8.70. The number of anilines is 1. The summed E-state index contributed by atoms with van der Waals surface area (Å²) >= 11 is 0. The second-order valence-electron chi connectivity index (χ2n) is 8.70. The van der Waals surface area contributed by atoms with Crippen LogP contribution in [0.5, 0.6) is 5.75 Å². The van der Waals surface area contributed by atoms with Gasteiger partial charge < -0.3 is 14.8 Å². The summed E-state index contributed by atoms with van der Waals surface area (Å²) in [6.07, 6.45) is 0.768. The number of para-hydroxylation sites is 1.